The predicted octanol–water partition coefficient (Wildman–Crippen LogP) is 1.99. The third-order valence-electron chi connectivity index (χ3n) is 1.62. The summed E-state index contributed by atoms with van der Waals surface area (Å²) in [6, 6.07) is 0. The van der Waals surface area contributed by atoms with Crippen LogP contribution in [0.3, 0.4) is 0 Å². The zero-order chi connectivity index (χ0) is 11.1. The third kappa shape index (κ3) is 4.99. The van der Waals surface area contributed by atoms with Crippen LogP contribution in [-0.2, 0) is 12.3 Å². The summed E-state index contributed by atoms with van der Waals surface area (Å²) >= 11 is 1.80. The van der Waals surface area contributed by atoms with E-state index in [1.165, 1.54) is 0 Å². The van der Waals surface area contributed by atoms with Crippen molar-refractivity contribution in [2.45, 2.75) is 31.4 Å². The van der Waals surface area contributed by atoms with Crippen LogP contribution >= 0.6 is 11.8 Å². The van der Waals surface area contributed by atoms with Gasteiger partial charge in [0, 0.05) is 6.54 Å². The highest BCUT2D eigenvalue weighted by Gasteiger charge is 2.06. The van der Waals surface area contributed by atoms with Gasteiger partial charge in [0.15, 0.2) is 5.82 Å². The fourth-order valence-corrected chi connectivity index (χ4v) is 1.54. The lowest BCUT2D eigenvalue weighted by Gasteiger charge is -1.99. The summed E-state index contributed by atoms with van der Waals surface area (Å²) in [5, 5.41) is 7.59. The van der Waals surface area contributed by atoms with E-state index >= 15 is 0 Å². The molecule has 1 heterocycles. The fraction of sp³-hybridized carbons (Fsp3) is 0.600. The highest BCUT2D eigenvalue weighted by atomic mass is 32.2. The van der Waals surface area contributed by atoms with Crippen LogP contribution in [0.5, 0.6) is 0 Å². The van der Waals surface area contributed by atoms with Crippen molar-refractivity contribution in [3.05, 3.63) is 24.4 Å². The molecule has 0 atom stereocenters. The topological polar surface area (TPSA) is 51.0 Å². The van der Waals surface area contributed by atoms with Crippen LogP contribution < -0.4 is 5.32 Å². The zero-order valence-electron chi connectivity index (χ0n) is 9.19. The highest BCUT2D eigenvalue weighted by Crippen LogP contribution is 2.14. The Morgan fingerprint density at radius 2 is 2.40 bits per heavy atom. The van der Waals surface area contributed by atoms with Crippen LogP contribution in [0.1, 0.15) is 25.6 Å². The van der Waals surface area contributed by atoms with E-state index in [0.29, 0.717) is 17.7 Å². The minimum Gasteiger partial charge on any atom is -0.338 e. The second kappa shape index (κ2) is 6.63. The van der Waals surface area contributed by atoms with E-state index in [0.717, 1.165) is 18.1 Å². The third-order valence-corrected chi connectivity index (χ3v) is 2.71. The first kappa shape index (κ1) is 12.3. The average Bonchev–Trinajstić information content (AvgIpc) is 2.63. The van der Waals surface area contributed by atoms with Gasteiger partial charge in [-0.3, -0.25) is 0 Å². The Balaban J connectivity index is 2.32. The van der Waals surface area contributed by atoms with Gasteiger partial charge in [0.25, 0.3) is 0 Å². The number of hydrogen-bond acceptors (Lipinski definition) is 5. The fourth-order valence-electron chi connectivity index (χ4n) is 0.943. The van der Waals surface area contributed by atoms with Gasteiger partial charge in [-0.25, -0.2) is 0 Å². The second-order valence-corrected chi connectivity index (χ2v) is 4.95. The first-order chi connectivity index (χ1) is 7.22. The van der Waals surface area contributed by atoms with Crippen molar-refractivity contribution < 1.29 is 4.52 Å². The van der Waals surface area contributed by atoms with Crippen molar-refractivity contribution in [2.75, 3.05) is 6.54 Å². The van der Waals surface area contributed by atoms with Crippen LogP contribution in [0, 0.1) is 0 Å². The van der Waals surface area contributed by atoms with Crippen molar-refractivity contribution in [1.29, 1.82) is 0 Å². The Hall–Kier alpha value is -0.810. The molecule has 0 radical (unpaired) electrons. The number of nitrogens with one attached hydrogen (secondary N) is 1. The monoisotopic (exact) mass is 227 g/mol. The lowest BCUT2D eigenvalue weighted by atomic mass is 10.5. The van der Waals surface area contributed by atoms with Gasteiger partial charge in [0.05, 0.1) is 12.3 Å². The van der Waals surface area contributed by atoms with E-state index in [2.05, 4.69) is 35.9 Å². The van der Waals surface area contributed by atoms with E-state index in [9.17, 15) is 0 Å². The minimum absolute atomic E-state index is 0.589. The van der Waals surface area contributed by atoms with Crippen molar-refractivity contribution in [3.8, 4) is 0 Å². The van der Waals surface area contributed by atoms with Crippen LogP contribution in [-0.4, -0.2) is 21.9 Å². The van der Waals surface area contributed by atoms with Crippen LogP contribution in [0.15, 0.2) is 17.2 Å². The summed E-state index contributed by atoms with van der Waals surface area (Å²) in [6.07, 6.45) is 1.80. The van der Waals surface area contributed by atoms with E-state index in [1.807, 2.05) is 0 Å². The molecule has 0 saturated heterocycles. The summed E-state index contributed by atoms with van der Waals surface area (Å²) in [5.41, 5.74) is 0. The van der Waals surface area contributed by atoms with E-state index in [4.69, 9.17) is 4.52 Å². The molecule has 1 aromatic rings. The number of nitrogens with zero attached hydrogens (tertiary/aromatic N) is 2. The van der Waals surface area contributed by atoms with Gasteiger partial charge in [-0.15, -0.1) is 6.58 Å². The molecule has 0 saturated carbocycles. The molecule has 1 rings (SSSR count). The maximum Gasteiger partial charge on any atom is 0.240 e. The largest absolute Gasteiger partial charge is 0.338 e. The first-order valence-electron chi connectivity index (χ1n) is 4.97. The average molecular weight is 227 g/mol. The molecule has 84 valence electrons. The summed E-state index contributed by atoms with van der Waals surface area (Å²) in [4.78, 5) is 4.26. The number of aromatic nitrogens is 2. The first-order valence-corrected chi connectivity index (χ1v) is 6.02. The van der Waals surface area contributed by atoms with E-state index < -0.39 is 0 Å². The summed E-state index contributed by atoms with van der Waals surface area (Å²) < 4.78 is 5.07. The van der Waals surface area contributed by atoms with Gasteiger partial charge in [-0.2, -0.15) is 16.7 Å². The molecule has 5 heteroatoms. The summed E-state index contributed by atoms with van der Waals surface area (Å²) in [7, 11) is 0. The molecule has 1 N–H and O–H groups in total. The predicted molar refractivity (Wildman–Crippen MR) is 62.6 cm³/mol. The van der Waals surface area contributed by atoms with Gasteiger partial charge >= 0.3 is 0 Å². The molecule has 4 nitrogen and oxygen atoms in total. The van der Waals surface area contributed by atoms with Gasteiger partial charge in [-0.05, 0) is 5.25 Å². The smallest absolute Gasteiger partial charge is 0.240 e. The molecule has 0 amide bonds. The quantitative estimate of drug-likeness (QED) is 0.570. The molecule has 0 aliphatic heterocycles. The SMILES string of the molecule is C=CCNCc1nc(CSC(C)C)no1. The lowest BCUT2D eigenvalue weighted by molar-refractivity contribution is 0.366. The number of rotatable bonds is 7. The van der Waals surface area contributed by atoms with Gasteiger partial charge in [0.2, 0.25) is 5.89 Å². The molecule has 0 spiro atoms. The van der Waals surface area contributed by atoms with Gasteiger partial charge < -0.3 is 9.84 Å². The lowest BCUT2D eigenvalue weighted by Crippen LogP contribution is -2.12. The molecule has 0 aliphatic rings. The Morgan fingerprint density at radius 1 is 1.60 bits per heavy atom. The zero-order valence-corrected chi connectivity index (χ0v) is 10.0. The molecule has 0 unspecified atom stereocenters. The van der Waals surface area contributed by atoms with Crippen molar-refractivity contribution in [3.63, 3.8) is 0 Å². The molecular weight excluding hydrogens is 210 g/mol. The standard InChI is InChI=1S/C10H17N3OS/c1-4-5-11-6-10-12-9(13-14-10)7-15-8(2)3/h4,8,11H,1,5-7H2,2-3H3. The Labute approximate surface area is 94.5 Å². The van der Waals surface area contributed by atoms with Gasteiger partial charge in [-0.1, -0.05) is 25.1 Å². The normalized spacial score (nSPS) is 10.9. The van der Waals surface area contributed by atoms with Crippen LogP contribution in [0.25, 0.3) is 0 Å². The van der Waals surface area contributed by atoms with Crippen LogP contribution in [0.4, 0.5) is 0 Å². The Kier molecular flexibility index (Phi) is 5.42. The molecular formula is C10H17N3OS. The summed E-state index contributed by atoms with van der Waals surface area (Å²) in [5.74, 6) is 2.21. The molecule has 0 fully saturated rings. The van der Waals surface area contributed by atoms with Crippen molar-refractivity contribution >= 4 is 11.8 Å². The van der Waals surface area contributed by atoms with Crippen molar-refractivity contribution in [1.82, 2.24) is 15.5 Å². The van der Waals surface area contributed by atoms with Crippen molar-refractivity contribution in [2.24, 2.45) is 0 Å². The number of thioether (sulfide) groups is 1. The Bertz CT molecular complexity index is 299. The molecule has 0 bridgehead atoms. The second-order valence-electron chi connectivity index (χ2n) is 3.38. The molecule has 1 aromatic heterocycles. The van der Waals surface area contributed by atoms with Gasteiger partial charge in [0.1, 0.15) is 0 Å². The van der Waals surface area contributed by atoms with Crippen LogP contribution in [0.2, 0.25) is 0 Å². The Morgan fingerprint density at radius 3 is 3.07 bits per heavy atom. The summed E-state index contributed by atoms with van der Waals surface area (Å²) in [6.45, 7) is 9.26. The number of hydrogen-bond donors (Lipinski definition) is 1. The molecule has 0 aliphatic carbocycles. The van der Waals surface area contributed by atoms with E-state index in [-0.39, 0.29) is 0 Å². The molecule has 0 aromatic carbocycles. The maximum atomic E-state index is 5.07. The highest BCUT2D eigenvalue weighted by molar-refractivity contribution is 7.99. The molecule has 15 heavy (non-hydrogen) atoms. The van der Waals surface area contributed by atoms with E-state index in [1.54, 1.807) is 17.8 Å². The maximum absolute atomic E-state index is 5.07. The minimum atomic E-state index is 0.589.